The molecule has 0 N–H and O–H groups in total. The minimum Gasteiger partial charge on any atom is -0.497 e. The Morgan fingerprint density at radius 3 is 2.52 bits per heavy atom. The zero-order valence-corrected chi connectivity index (χ0v) is 14.7. The molecular weight excluding hydrogens is 288 g/mol. The van der Waals surface area contributed by atoms with Crippen molar-refractivity contribution >= 4 is 0 Å². The Morgan fingerprint density at radius 1 is 1.22 bits per heavy atom. The van der Waals surface area contributed by atoms with Crippen LogP contribution in [-0.2, 0) is 16.1 Å². The van der Waals surface area contributed by atoms with Gasteiger partial charge in [-0.25, -0.2) is 0 Å². The first-order valence-corrected chi connectivity index (χ1v) is 8.09. The lowest BCUT2D eigenvalue weighted by Gasteiger charge is -2.27. The van der Waals surface area contributed by atoms with Gasteiger partial charge < -0.3 is 14.2 Å². The van der Waals surface area contributed by atoms with Crippen LogP contribution < -0.4 is 4.74 Å². The molecule has 126 valence electrons. The van der Waals surface area contributed by atoms with E-state index >= 15 is 0 Å². The fourth-order valence-electron chi connectivity index (χ4n) is 3.15. The Labute approximate surface area is 139 Å². The van der Waals surface area contributed by atoms with Crippen molar-refractivity contribution in [1.82, 2.24) is 0 Å². The van der Waals surface area contributed by atoms with Gasteiger partial charge in [0.15, 0.2) is 0 Å². The maximum atomic E-state index is 6.28. The first-order valence-electron chi connectivity index (χ1n) is 8.09. The fraction of sp³-hybridized carbons (Fsp3) is 0.500. The molecule has 1 aromatic carbocycles. The van der Waals surface area contributed by atoms with E-state index in [1.54, 1.807) is 14.2 Å². The summed E-state index contributed by atoms with van der Waals surface area (Å²) in [5.74, 6) is 0.864. The van der Waals surface area contributed by atoms with E-state index in [9.17, 15) is 0 Å². The van der Waals surface area contributed by atoms with Gasteiger partial charge in [-0.3, -0.25) is 0 Å². The Balaban J connectivity index is 2.06. The summed E-state index contributed by atoms with van der Waals surface area (Å²) in [6.07, 6.45) is 4.16. The predicted octanol–water partition coefficient (Wildman–Crippen LogP) is 4.53. The first-order chi connectivity index (χ1) is 11.0. The van der Waals surface area contributed by atoms with Gasteiger partial charge >= 0.3 is 0 Å². The van der Waals surface area contributed by atoms with Gasteiger partial charge in [-0.15, -0.1) is 0 Å². The summed E-state index contributed by atoms with van der Waals surface area (Å²) in [4.78, 5) is 0. The van der Waals surface area contributed by atoms with E-state index < -0.39 is 0 Å². The van der Waals surface area contributed by atoms with Crippen molar-refractivity contribution < 1.29 is 14.2 Å². The Kier molecular flexibility index (Phi) is 6.03. The molecule has 1 atom stereocenters. The molecule has 0 radical (unpaired) electrons. The summed E-state index contributed by atoms with van der Waals surface area (Å²) in [6.45, 7) is 10.0. The summed E-state index contributed by atoms with van der Waals surface area (Å²) in [7, 11) is 3.40. The molecule has 2 rings (SSSR count). The van der Waals surface area contributed by atoms with E-state index in [1.165, 1.54) is 11.1 Å². The van der Waals surface area contributed by atoms with Crippen LogP contribution in [0, 0.1) is 5.41 Å². The number of rotatable bonds is 7. The van der Waals surface area contributed by atoms with E-state index in [2.05, 4.69) is 26.5 Å². The molecule has 1 aliphatic rings. The number of hydrogen-bond acceptors (Lipinski definition) is 3. The molecule has 0 bridgehead atoms. The van der Waals surface area contributed by atoms with E-state index in [1.807, 2.05) is 24.3 Å². The lowest BCUT2D eigenvalue weighted by atomic mass is 9.88. The predicted molar refractivity (Wildman–Crippen MR) is 93.7 cm³/mol. The summed E-state index contributed by atoms with van der Waals surface area (Å²) < 4.78 is 16.6. The SMILES string of the molecule is C=C1CC(C)(C)[C@H](OCc2ccc(OC)cc2)/C1=C\CCOC. The number of hydrogen-bond donors (Lipinski definition) is 0. The minimum absolute atomic E-state index is 0.0719. The lowest BCUT2D eigenvalue weighted by molar-refractivity contribution is 0.00387. The summed E-state index contributed by atoms with van der Waals surface area (Å²) in [5.41, 5.74) is 3.64. The van der Waals surface area contributed by atoms with Crippen molar-refractivity contribution in [3.63, 3.8) is 0 Å². The third kappa shape index (κ3) is 4.46. The summed E-state index contributed by atoms with van der Waals surface area (Å²) >= 11 is 0. The smallest absolute Gasteiger partial charge is 0.118 e. The molecular formula is C20H28O3. The second-order valence-corrected chi connectivity index (χ2v) is 6.75. The molecule has 0 heterocycles. The first kappa shape index (κ1) is 17.8. The Morgan fingerprint density at radius 2 is 1.91 bits per heavy atom. The van der Waals surface area contributed by atoms with Crippen LogP contribution in [0.3, 0.4) is 0 Å². The van der Waals surface area contributed by atoms with Crippen LogP contribution in [-0.4, -0.2) is 26.9 Å². The monoisotopic (exact) mass is 316 g/mol. The normalized spacial score (nSPS) is 21.8. The van der Waals surface area contributed by atoms with Gasteiger partial charge in [0, 0.05) is 13.7 Å². The highest BCUT2D eigenvalue weighted by molar-refractivity contribution is 5.40. The maximum absolute atomic E-state index is 6.28. The molecule has 0 unspecified atom stereocenters. The second-order valence-electron chi connectivity index (χ2n) is 6.75. The van der Waals surface area contributed by atoms with Crippen molar-refractivity contribution in [2.75, 3.05) is 20.8 Å². The lowest BCUT2D eigenvalue weighted by Crippen LogP contribution is -2.27. The summed E-state index contributed by atoms with van der Waals surface area (Å²) in [5, 5.41) is 0. The molecule has 3 nitrogen and oxygen atoms in total. The highest BCUT2D eigenvalue weighted by atomic mass is 16.5. The number of benzene rings is 1. The zero-order valence-electron chi connectivity index (χ0n) is 14.7. The highest BCUT2D eigenvalue weighted by Crippen LogP contribution is 2.46. The van der Waals surface area contributed by atoms with Gasteiger partial charge in [-0.1, -0.05) is 38.6 Å². The average molecular weight is 316 g/mol. The van der Waals surface area contributed by atoms with Gasteiger partial charge in [-0.05, 0) is 47.1 Å². The van der Waals surface area contributed by atoms with Crippen molar-refractivity contribution in [3.8, 4) is 5.75 Å². The van der Waals surface area contributed by atoms with Gasteiger partial charge in [-0.2, -0.15) is 0 Å². The van der Waals surface area contributed by atoms with Crippen molar-refractivity contribution in [1.29, 1.82) is 0 Å². The van der Waals surface area contributed by atoms with Crippen LogP contribution in [0.25, 0.3) is 0 Å². The number of methoxy groups -OCH3 is 2. The van der Waals surface area contributed by atoms with Crippen molar-refractivity contribution in [3.05, 3.63) is 53.6 Å². The molecule has 1 saturated carbocycles. The zero-order chi connectivity index (χ0) is 16.9. The van der Waals surface area contributed by atoms with Crippen LogP contribution in [0.1, 0.15) is 32.3 Å². The molecule has 0 saturated heterocycles. The quantitative estimate of drug-likeness (QED) is 0.692. The topological polar surface area (TPSA) is 27.7 Å². The van der Waals surface area contributed by atoms with Crippen LogP contribution in [0.5, 0.6) is 5.75 Å². The Hall–Kier alpha value is -1.58. The standard InChI is InChI=1S/C20H28O3/c1-15-13-20(2,3)19(18(15)7-6-12-21-4)23-14-16-8-10-17(22-5)11-9-16/h7-11,19H,1,6,12-14H2,2-5H3/b18-7-/t19-/m1/s1. The fourth-order valence-corrected chi connectivity index (χ4v) is 3.15. The van der Waals surface area contributed by atoms with Crippen molar-refractivity contribution in [2.24, 2.45) is 5.41 Å². The van der Waals surface area contributed by atoms with Gasteiger partial charge in [0.05, 0.1) is 19.8 Å². The average Bonchev–Trinajstić information content (AvgIpc) is 2.74. The van der Waals surface area contributed by atoms with E-state index in [-0.39, 0.29) is 11.5 Å². The van der Waals surface area contributed by atoms with Gasteiger partial charge in [0.1, 0.15) is 5.75 Å². The third-order valence-electron chi connectivity index (χ3n) is 4.33. The van der Waals surface area contributed by atoms with E-state index in [4.69, 9.17) is 14.2 Å². The van der Waals surface area contributed by atoms with E-state index in [0.717, 1.165) is 30.8 Å². The molecule has 0 spiro atoms. The van der Waals surface area contributed by atoms with Crippen LogP contribution >= 0.6 is 0 Å². The minimum atomic E-state index is 0.0719. The Bertz CT molecular complexity index is 555. The molecule has 23 heavy (non-hydrogen) atoms. The molecule has 0 amide bonds. The highest BCUT2D eigenvalue weighted by Gasteiger charge is 2.41. The second kappa shape index (κ2) is 7.80. The van der Waals surface area contributed by atoms with Crippen molar-refractivity contribution in [2.45, 2.75) is 39.4 Å². The summed E-state index contributed by atoms with van der Waals surface area (Å²) in [6, 6.07) is 8.02. The maximum Gasteiger partial charge on any atom is 0.118 e. The molecule has 0 aliphatic heterocycles. The van der Waals surface area contributed by atoms with Crippen LogP contribution in [0.4, 0.5) is 0 Å². The molecule has 1 fully saturated rings. The van der Waals surface area contributed by atoms with Crippen LogP contribution in [0.2, 0.25) is 0 Å². The number of ether oxygens (including phenoxy) is 3. The van der Waals surface area contributed by atoms with Gasteiger partial charge in [0.2, 0.25) is 0 Å². The third-order valence-corrected chi connectivity index (χ3v) is 4.33. The largest absolute Gasteiger partial charge is 0.497 e. The molecule has 0 aromatic heterocycles. The van der Waals surface area contributed by atoms with E-state index in [0.29, 0.717) is 6.61 Å². The van der Waals surface area contributed by atoms with Gasteiger partial charge in [0.25, 0.3) is 0 Å². The van der Waals surface area contributed by atoms with Crippen LogP contribution in [0.15, 0.2) is 48.1 Å². The molecule has 1 aromatic rings. The molecule has 3 heteroatoms. The molecule has 1 aliphatic carbocycles.